The van der Waals surface area contributed by atoms with Gasteiger partial charge in [-0.1, -0.05) is 38.0 Å². The van der Waals surface area contributed by atoms with Crippen LogP contribution in [0.1, 0.15) is 49.5 Å². The number of nitrogens with two attached hydrogens (primary N) is 1. The van der Waals surface area contributed by atoms with E-state index in [9.17, 15) is 4.79 Å². The number of nitrogens with zero attached hydrogens (tertiary/aromatic N) is 1. The smallest absolute Gasteiger partial charge is 0.228 e. The lowest BCUT2D eigenvalue weighted by molar-refractivity contribution is -0.142. The highest BCUT2D eigenvalue weighted by Gasteiger charge is 2.36. The van der Waals surface area contributed by atoms with E-state index in [2.05, 4.69) is 24.8 Å². The quantitative estimate of drug-likeness (QED) is 0.873. The number of amides is 1. The summed E-state index contributed by atoms with van der Waals surface area (Å²) in [7, 11) is 1.91. The van der Waals surface area contributed by atoms with Crippen LogP contribution in [0.3, 0.4) is 0 Å². The average molecular weight is 304 g/mol. The van der Waals surface area contributed by atoms with Gasteiger partial charge in [-0.05, 0) is 18.9 Å². The maximum Gasteiger partial charge on any atom is 0.228 e. The zero-order valence-corrected chi connectivity index (χ0v) is 13.8. The molecule has 1 amide bonds. The van der Waals surface area contributed by atoms with Gasteiger partial charge in [0.05, 0.1) is 13.1 Å². The van der Waals surface area contributed by atoms with Gasteiger partial charge in [0.1, 0.15) is 0 Å². The number of hydrogen-bond donors (Lipinski definition) is 1. The van der Waals surface area contributed by atoms with Gasteiger partial charge >= 0.3 is 0 Å². The Morgan fingerprint density at radius 2 is 2.14 bits per heavy atom. The Bertz CT molecular complexity index is 547. The van der Waals surface area contributed by atoms with Crippen molar-refractivity contribution in [2.75, 3.05) is 13.6 Å². The molecular weight excluding hydrogens is 280 g/mol. The van der Waals surface area contributed by atoms with Crippen molar-refractivity contribution in [1.82, 2.24) is 4.90 Å². The molecule has 0 spiro atoms. The van der Waals surface area contributed by atoms with Crippen LogP contribution in [0, 0.1) is 17.3 Å². The highest BCUT2D eigenvalue weighted by Crippen LogP contribution is 2.37. The lowest BCUT2D eigenvalue weighted by Gasteiger charge is -2.35. The molecule has 1 aliphatic carbocycles. The van der Waals surface area contributed by atoms with Crippen molar-refractivity contribution in [3.05, 3.63) is 21.9 Å². The number of carbonyl (C=O) groups is 1. The average Bonchev–Trinajstić information content (AvgIpc) is 2.92. The van der Waals surface area contributed by atoms with Gasteiger partial charge in [-0.2, -0.15) is 0 Å². The molecule has 4 heteroatoms. The maximum atomic E-state index is 12.7. The fourth-order valence-electron chi connectivity index (χ4n) is 2.99. The fraction of sp³-hybridized carbons (Fsp3) is 0.588. The Hall–Kier alpha value is -1.31. The Kier molecular flexibility index (Phi) is 5.44. The van der Waals surface area contributed by atoms with Crippen LogP contribution in [0.25, 0.3) is 0 Å². The molecule has 1 aromatic rings. The molecule has 0 atom stereocenters. The summed E-state index contributed by atoms with van der Waals surface area (Å²) in [6.45, 7) is 3.17. The van der Waals surface area contributed by atoms with E-state index in [-0.39, 0.29) is 11.3 Å². The zero-order chi connectivity index (χ0) is 15.3. The number of hydrogen-bond acceptors (Lipinski definition) is 3. The summed E-state index contributed by atoms with van der Waals surface area (Å²) in [5, 5.41) is 2.03. The fourth-order valence-corrected chi connectivity index (χ4v) is 3.86. The number of carbonyl (C=O) groups excluding carboxylic acids is 1. The Morgan fingerprint density at radius 1 is 1.43 bits per heavy atom. The van der Waals surface area contributed by atoms with Crippen molar-refractivity contribution >= 4 is 17.2 Å². The molecule has 0 aliphatic heterocycles. The molecule has 114 valence electrons. The maximum absolute atomic E-state index is 12.7. The van der Waals surface area contributed by atoms with E-state index in [4.69, 9.17) is 5.73 Å². The molecule has 21 heavy (non-hydrogen) atoms. The van der Waals surface area contributed by atoms with Gasteiger partial charge in [0.25, 0.3) is 0 Å². The third-order valence-corrected chi connectivity index (χ3v) is 5.12. The summed E-state index contributed by atoms with van der Waals surface area (Å²) in [5.74, 6) is 6.17. The second kappa shape index (κ2) is 7.11. The van der Waals surface area contributed by atoms with Gasteiger partial charge in [0.15, 0.2) is 0 Å². The summed E-state index contributed by atoms with van der Waals surface area (Å²) < 4.78 is 0. The van der Waals surface area contributed by atoms with Crippen LogP contribution in [0.15, 0.2) is 11.4 Å². The van der Waals surface area contributed by atoms with Crippen molar-refractivity contribution in [2.24, 2.45) is 11.1 Å². The predicted octanol–water partition coefficient (Wildman–Crippen LogP) is 2.99. The van der Waals surface area contributed by atoms with Crippen molar-refractivity contribution in [2.45, 2.75) is 45.6 Å². The zero-order valence-electron chi connectivity index (χ0n) is 12.9. The van der Waals surface area contributed by atoms with Gasteiger partial charge in [0, 0.05) is 28.3 Å². The molecule has 1 fully saturated rings. The van der Waals surface area contributed by atoms with Gasteiger partial charge < -0.3 is 10.6 Å². The van der Waals surface area contributed by atoms with Crippen LogP contribution >= 0.6 is 11.3 Å². The third-order valence-electron chi connectivity index (χ3n) is 4.20. The minimum absolute atomic E-state index is 0.160. The van der Waals surface area contributed by atoms with Crippen LogP contribution in [0.2, 0.25) is 0 Å². The van der Waals surface area contributed by atoms with Crippen molar-refractivity contribution in [3.63, 3.8) is 0 Å². The molecule has 0 unspecified atom stereocenters. The van der Waals surface area contributed by atoms with Crippen LogP contribution in [-0.4, -0.2) is 24.4 Å². The molecule has 1 heterocycles. The normalized spacial score (nSPS) is 16.9. The second-order valence-corrected chi connectivity index (χ2v) is 7.09. The lowest BCUT2D eigenvalue weighted by atomic mass is 9.75. The van der Waals surface area contributed by atoms with Crippen LogP contribution in [-0.2, 0) is 11.3 Å². The van der Waals surface area contributed by atoms with Crippen LogP contribution in [0.5, 0.6) is 0 Å². The van der Waals surface area contributed by atoms with Crippen molar-refractivity contribution < 1.29 is 4.79 Å². The minimum atomic E-state index is -0.160. The first-order valence-electron chi connectivity index (χ1n) is 7.57. The Morgan fingerprint density at radius 3 is 2.81 bits per heavy atom. The molecule has 1 saturated carbocycles. The van der Waals surface area contributed by atoms with E-state index in [1.54, 1.807) is 11.3 Å². The van der Waals surface area contributed by atoms with Gasteiger partial charge in [-0.25, -0.2) is 0 Å². The summed E-state index contributed by atoms with van der Waals surface area (Å²) in [6, 6.07) is 2.06. The molecule has 1 aliphatic rings. The lowest BCUT2D eigenvalue weighted by Crippen LogP contribution is -2.40. The minimum Gasteiger partial charge on any atom is -0.340 e. The third kappa shape index (κ3) is 4.09. The van der Waals surface area contributed by atoms with Gasteiger partial charge in [0.2, 0.25) is 5.91 Å². The van der Waals surface area contributed by atoms with Crippen LogP contribution in [0.4, 0.5) is 0 Å². The molecule has 0 radical (unpaired) electrons. The second-order valence-electron chi connectivity index (χ2n) is 6.09. The topological polar surface area (TPSA) is 46.3 Å². The molecule has 1 aromatic heterocycles. The standard InChI is InChI=1S/C17H24N2OS/c1-17(8-4-3-5-9-17)16(20)19(2)12-15-11-14(13-21-15)7-6-10-18/h11,13H,3-5,8-10,12,18H2,1-2H3. The van der Waals surface area contributed by atoms with Crippen LogP contribution < -0.4 is 5.73 Å². The molecular formula is C17H24N2OS. The highest BCUT2D eigenvalue weighted by atomic mass is 32.1. The summed E-state index contributed by atoms with van der Waals surface area (Å²) in [4.78, 5) is 15.7. The first-order chi connectivity index (χ1) is 10.0. The molecule has 2 rings (SSSR count). The molecule has 3 nitrogen and oxygen atoms in total. The van der Waals surface area contributed by atoms with E-state index in [1.165, 1.54) is 24.1 Å². The number of rotatable bonds is 3. The van der Waals surface area contributed by atoms with E-state index in [1.807, 2.05) is 17.3 Å². The molecule has 0 bridgehead atoms. The van der Waals surface area contributed by atoms with Crippen molar-refractivity contribution in [3.8, 4) is 11.8 Å². The largest absolute Gasteiger partial charge is 0.340 e. The van der Waals surface area contributed by atoms with Gasteiger partial charge in [-0.3, -0.25) is 4.79 Å². The van der Waals surface area contributed by atoms with E-state index in [0.717, 1.165) is 18.4 Å². The summed E-state index contributed by atoms with van der Waals surface area (Å²) in [5.41, 5.74) is 6.21. The summed E-state index contributed by atoms with van der Waals surface area (Å²) in [6.07, 6.45) is 5.66. The highest BCUT2D eigenvalue weighted by molar-refractivity contribution is 7.10. The Labute approximate surface area is 131 Å². The monoisotopic (exact) mass is 304 g/mol. The Balaban J connectivity index is 1.98. The first-order valence-corrected chi connectivity index (χ1v) is 8.45. The van der Waals surface area contributed by atoms with Gasteiger partial charge in [-0.15, -0.1) is 11.3 Å². The van der Waals surface area contributed by atoms with Crippen molar-refractivity contribution in [1.29, 1.82) is 0 Å². The predicted molar refractivity (Wildman–Crippen MR) is 87.9 cm³/mol. The summed E-state index contributed by atoms with van der Waals surface area (Å²) >= 11 is 1.65. The molecule has 0 aromatic carbocycles. The molecule has 0 saturated heterocycles. The van der Waals surface area contributed by atoms with E-state index in [0.29, 0.717) is 13.1 Å². The SMILES string of the molecule is CN(Cc1cc(C#CCN)cs1)C(=O)C1(C)CCCCC1. The first kappa shape index (κ1) is 16.1. The molecule has 2 N–H and O–H groups in total. The number of thiophene rings is 1. The van der Waals surface area contributed by atoms with E-state index >= 15 is 0 Å². The van der Waals surface area contributed by atoms with E-state index < -0.39 is 0 Å².